The summed E-state index contributed by atoms with van der Waals surface area (Å²) in [6.45, 7) is 3.94. The number of rotatable bonds is 2. The quantitative estimate of drug-likeness (QED) is 0.785. The Morgan fingerprint density at radius 2 is 1.86 bits per heavy atom. The molecule has 0 aromatic carbocycles. The lowest BCUT2D eigenvalue weighted by Crippen LogP contribution is -2.48. The highest BCUT2D eigenvalue weighted by molar-refractivity contribution is 5.94. The third kappa shape index (κ3) is 3.40. The average Bonchev–Trinajstić information content (AvgIpc) is 2.55. The van der Waals surface area contributed by atoms with Gasteiger partial charge in [-0.1, -0.05) is 6.42 Å². The lowest BCUT2D eigenvalue weighted by Gasteiger charge is -2.40. The van der Waals surface area contributed by atoms with Crippen molar-refractivity contribution in [3.8, 4) is 0 Å². The number of halogens is 1. The van der Waals surface area contributed by atoms with Crippen molar-refractivity contribution in [3.63, 3.8) is 0 Å². The molecule has 5 heteroatoms. The molecule has 4 nitrogen and oxygen atoms in total. The van der Waals surface area contributed by atoms with E-state index in [1.165, 1.54) is 44.6 Å². The smallest absolute Gasteiger partial charge is 0.254 e. The van der Waals surface area contributed by atoms with Gasteiger partial charge in [-0.15, -0.1) is 0 Å². The second kappa shape index (κ2) is 6.52. The van der Waals surface area contributed by atoms with Crippen molar-refractivity contribution in [2.24, 2.45) is 0 Å². The van der Waals surface area contributed by atoms with Gasteiger partial charge >= 0.3 is 0 Å². The minimum atomic E-state index is -0.593. The van der Waals surface area contributed by atoms with Crippen LogP contribution in [0.1, 0.15) is 42.5 Å². The van der Waals surface area contributed by atoms with Crippen LogP contribution >= 0.6 is 0 Å². The van der Waals surface area contributed by atoms with E-state index >= 15 is 0 Å². The van der Waals surface area contributed by atoms with Crippen molar-refractivity contribution >= 4 is 5.91 Å². The molecule has 3 rings (SSSR count). The lowest BCUT2D eigenvalue weighted by atomic mass is 9.99. The van der Waals surface area contributed by atoms with Crippen molar-refractivity contribution in [3.05, 3.63) is 29.8 Å². The molecule has 0 spiro atoms. The van der Waals surface area contributed by atoms with Crippen LogP contribution in [0.4, 0.5) is 4.39 Å². The maximum atomic E-state index is 13.1. The zero-order chi connectivity index (χ0) is 14.7. The molecule has 0 radical (unpaired) electrons. The van der Waals surface area contributed by atoms with Gasteiger partial charge in [0.1, 0.15) is 0 Å². The molecule has 0 unspecified atom stereocenters. The summed E-state index contributed by atoms with van der Waals surface area (Å²) >= 11 is 0. The Morgan fingerprint density at radius 3 is 2.52 bits per heavy atom. The third-order valence-corrected chi connectivity index (χ3v) is 4.63. The summed E-state index contributed by atoms with van der Waals surface area (Å²) in [6.07, 6.45) is 7.36. The standard InChI is InChI=1S/C16H22FN3O/c17-15-12-13(4-7-18-15)16(21)20-10-5-14(6-11-20)19-8-2-1-3-9-19/h4,7,12,14H,1-3,5-6,8-11H2. The molecular formula is C16H22FN3O. The fourth-order valence-electron chi connectivity index (χ4n) is 3.44. The maximum Gasteiger partial charge on any atom is 0.254 e. The van der Waals surface area contributed by atoms with Crippen LogP contribution in [0, 0.1) is 5.95 Å². The van der Waals surface area contributed by atoms with Crippen molar-refractivity contribution in [2.75, 3.05) is 26.2 Å². The van der Waals surface area contributed by atoms with Crippen molar-refractivity contribution in [2.45, 2.75) is 38.1 Å². The van der Waals surface area contributed by atoms with Gasteiger partial charge in [0.05, 0.1) is 0 Å². The predicted molar refractivity (Wildman–Crippen MR) is 78.5 cm³/mol. The Balaban J connectivity index is 1.56. The monoisotopic (exact) mass is 291 g/mol. The number of carbonyl (C=O) groups is 1. The molecule has 0 bridgehead atoms. The van der Waals surface area contributed by atoms with Gasteiger partial charge in [-0.25, -0.2) is 4.98 Å². The van der Waals surface area contributed by atoms with Crippen LogP contribution < -0.4 is 0 Å². The van der Waals surface area contributed by atoms with E-state index in [0.29, 0.717) is 11.6 Å². The number of nitrogens with zero attached hydrogens (tertiary/aromatic N) is 3. The Bertz CT molecular complexity index is 494. The summed E-state index contributed by atoms with van der Waals surface area (Å²) in [4.78, 5) is 20.3. The van der Waals surface area contributed by atoms with Gasteiger partial charge in [0.15, 0.2) is 0 Å². The molecule has 0 aliphatic carbocycles. The zero-order valence-corrected chi connectivity index (χ0v) is 12.3. The number of pyridine rings is 1. The van der Waals surface area contributed by atoms with E-state index in [1.807, 2.05) is 4.90 Å². The van der Waals surface area contributed by atoms with Gasteiger partial charge in [-0.3, -0.25) is 4.79 Å². The number of likely N-dealkylation sites (tertiary alicyclic amines) is 2. The molecule has 114 valence electrons. The number of carbonyl (C=O) groups excluding carboxylic acids is 1. The van der Waals surface area contributed by atoms with E-state index in [0.717, 1.165) is 25.9 Å². The first-order valence-corrected chi connectivity index (χ1v) is 7.89. The topological polar surface area (TPSA) is 36.4 Å². The van der Waals surface area contributed by atoms with Crippen LogP contribution in [0.2, 0.25) is 0 Å². The van der Waals surface area contributed by atoms with Crippen LogP contribution in [0.15, 0.2) is 18.3 Å². The van der Waals surface area contributed by atoms with E-state index in [-0.39, 0.29) is 5.91 Å². The molecule has 3 heterocycles. The van der Waals surface area contributed by atoms with E-state index in [9.17, 15) is 9.18 Å². The molecule has 2 saturated heterocycles. The van der Waals surface area contributed by atoms with Gasteiger partial charge in [-0.05, 0) is 44.8 Å². The molecule has 21 heavy (non-hydrogen) atoms. The lowest BCUT2D eigenvalue weighted by molar-refractivity contribution is 0.0589. The van der Waals surface area contributed by atoms with Crippen molar-refractivity contribution < 1.29 is 9.18 Å². The summed E-state index contributed by atoms with van der Waals surface area (Å²) < 4.78 is 13.1. The Morgan fingerprint density at radius 1 is 1.14 bits per heavy atom. The predicted octanol–water partition coefficient (Wildman–Crippen LogP) is 2.31. The van der Waals surface area contributed by atoms with Gasteiger partial charge in [0, 0.05) is 37.0 Å². The zero-order valence-electron chi connectivity index (χ0n) is 12.3. The second-order valence-electron chi connectivity index (χ2n) is 5.99. The summed E-state index contributed by atoms with van der Waals surface area (Å²) in [7, 11) is 0. The first-order valence-electron chi connectivity index (χ1n) is 7.89. The van der Waals surface area contributed by atoms with E-state index < -0.39 is 5.95 Å². The molecule has 2 fully saturated rings. The summed E-state index contributed by atoms with van der Waals surface area (Å²) in [5.41, 5.74) is 0.402. The van der Waals surface area contributed by atoms with Crippen LogP contribution in [-0.2, 0) is 0 Å². The maximum absolute atomic E-state index is 13.1. The highest BCUT2D eigenvalue weighted by atomic mass is 19.1. The summed E-state index contributed by atoms with van der Waals surface area (Å²) in [5, 5.41) is 0. The van der Waals surface area contributed by atoms with E-state index in [2.05, 4.69) is 9.88 Å². The van der Waals surface area contributed by atoms with Gasteiger partial charge in [-0.2, -0.15) is 4.39 Å². The summed E-state index contributed by atoms with van der Waals surface area (Å²) in [6, 6.07) is 3.42. The van der Waals surface area contributed by atoms with Crippen LogP contribution in [0.3, 0.4) is 0 Å². The molecule has 1 aromatic heterocycles. The third-order valence-electron chi connectivity index (χ3n) is 4.63. The van der Waals surface area contributed by atoms with Crippen LogP contribution in [0.5, 0.6) is 0 Å². The van der Waals surface area contributed by atoms with Gasteiger partial charge < -0.3 is 9.80 Å². The molecule has 0 atom stereocenters. The number of aromatic nitrogens is 1. The number of amides is 1. The minimum absolute atomic E-state index is 0.0756. The Labute approximate surface area is 125 Å². The number of piperidine rings is 2. The molecule has 0 N–H and O–H groups in total. The van der Waals surface area contributed by atoms with Gasteiger partial charge in [0.25, 0.3) is 5.91 Å². The minimum Gasteiger partial charge on any atom is -0.339 e. The second-order valence-corrected chi connectivity index (χ2v) is 5.99. The van der Waals surface area contributed by atoms with Gasteiger partial charge in [0.2, 0.25) is 5.95 Å². The van der Waals surface area contributed by atoms with Crippen LogP contribution in [-0.4, -0.2) is 52.9 Å². The average molecular weight is 291 g/mol. The first kappa shape index (κ1) is 14.4. The highest BCUT2D eigenvalue weighted by Crippen LogP contribution is 2.21. The van der Waals surface area contributed by atoms with Crippen LogP contribution in [0.25, 0.3) is 0 Å². The summed E-state index contributed by atoms with van der Waals surface area (Å²) in [5.74, 6) is -0.669. The molecule has 0 saturated carbocycles. The molecular weight excluding hydrogens is 269 g/mol. The Hall–Kier alpha value is -1.49. The molecule has 2 aliphatic rings. The van der Waals surface area contributed by atoms with Crippen molar-refractivity contribution in [1.82, 2.24) is 14.8 Å². The molecule has 1 aromatic rings. The molecule has 1 amide bonds. The SMILES string of the molecule is O=C(c1ccnc(F)c1)N1CCC(N2CCCCC2)CC1. The number of hydrogen-bond acceptors (Lipinski definition) is 3. The fraction of sp³-hybridized carbons (Fsp3) is 0.625. The Kier molecular flexibility index (Phi) is 4.48. The molecule has 2 aliphatic heterocycles. The largest absolute Gasteiger partial charge is 0.339 e. The fourth-order valence-corrected chi connectivity index (χ4v) is 3.44. The van der Waals surface area contributed by atoms with E-state index in [1.54, 1.807) is 6.07 Å². The van der Waals surface area contributed by atoms with Crippen molar-refractivity contribution in [1.29, 1.82) is 0 Å². The first-order chi connectivity index (χ1) is 10.2. The normalized spacial score (nSPS) is 21.5. The number of hydrogen-bond donors (Lipinski definition) is 0. The highest BCUT2D eigenvalue weighted by Gasteiger charge is 2.28. The van der Waals surface area contributed by atoms with E-state index in [4.69, 9.17) is 0 Å².